The van der Waals surface area contributed by atoms with E-state index in [9.17, 15) is 0 Å². The van der Waals surface area contributed by atoms with Crippen LogP contribution in [0.1, 0.15) is 58.2 Å². The molecule has 0 bridgehead atoms. The van der Waals surface area contributed by atoms with Crippen LogP contribution in [0.15, 0.2) is 12.3 Å². The predicted octanol–water partition coefficient (Wildman–Crippen LogP) is 4.09. The maximum atomic E-state index is 6.39. The number of nitrogens with one attached hydrogen (secondary N) is 1. The summed E-state index contributed by atoms with van der Waals surface area (Å²) < 4.78 is 6.39. The fraction of sp³-hybridized carbons (Fsp3) is 0.722. The summed E-state index contributed by atoms with van der Waals surface area (Å²) >= 11 is 0. The zero-order chi connectivity index (χ0) is 15.5. The Labute approximate surface area is 129 Å². The molecule has 3 nitrogen and oxygen atoms in total. The minimum absolute atomic E-state index is 0.325. The van der Waals surface area contributed by atoms with Gasteiger partial charge in [-0.1, -0.05) is 27.7 Å². The van der Waals surface area contributed by atoms with Crippen LogP contribution in [0.5, 0.6) is 5.75 Å². The van der Waals surface area contributed by atoms with Crippen molar-refractivity contribution in [1.29, 1.82) is 0 Å². The summed E-state index contributed by atoms with van der Waals surface area (Å²) in [5.41, 5.74) is 2.57. The molecule has 1 fully saturated rings. The SMILES string of the molecule is CCNCc1cnc(C)cc1OC1CC(C)CC(C)(C)C1. The summed E-state index contributed by atoms with van der Waals surface area (Å²) in [5, 5.41) is 3.37. The lowest BCUT2D eigenvalue weighted by Crippen LogP contribution is -2.34. The lowest BCUT2D eigenvalue weighted by atomic mass is 9.71. The van der Waals surface area contributed by atoms with Gasteiger partial charge in [0.05, 0.1) is 6.10 Å². The monoisotopic (exact) mass is 290 g/mol. The third-order valence-corrected chi connectivity index (χ3v) is 4.29. The highest BCUT2D eigenvalue weighted by molar-refractivity contribution is 5.33. The van der Waals surface area contributed by atoms with E-state index in [1.54, 1.807) is 0 Å². The molecule has 2 atom stereocenters. The van der Waals surface area contributed by atoms with Gasteiger partial charge in [-0.15, -0.1) is 0 Å². The maximum absolute atomic E-state index is 6.39. The molecule has 1 aromatic heterocycles. The summed E-state index contributed by atoms with van der Waals surface area (Å²) in [6, 6.07) is 2.08. The molecule has 2 unspecified atom stereocenters. The van der Waals surface area contributed by atoms with Gasteiger partial charge in [0.1, 0.15) is 5.75 Å². The Morgan fingerprint density at radius 3 is 2.81 bits per heavy atom. The zero-order valence-electron chi connectivity index (χ0n) is 14.2. The molecule has 0 amide bonds. The first kappa shape index (κ1) is 16.3. The van der Waals surface area contributed by atoms with Crippen molar-refractivity contribution >= 4 is 0 Å². The van der Waals surface area contributed by atoms with Crippen molar-refractivity contribution < 1.29 is 4.74 Å². The van der Waals surface area contributed by atoms with E-state index in [2.05, 4.69) is 44.1 Å². The third-order valence-electron chi connectivity index (χ3n) is 4.29. The molecule has 2 rings (SSSR count). The standard InChI is InChI=1S/C18H30N2O/c1-6-19-11-15-12-20-14(3)8-17(15)21-16-7-13(2)9-18(4,5)10-16/h8,12-13,16,19H,6-7,9-11H2,1-5H3. The first-order valence-corrected chi connectivity index (χ1v) is 8.22. The molecular formula is C18H30N2O. The van der Waals surface area contributed by atoms with Gasteiger partial charge < -0.3 is 10.1 Å². The largest absolute Gasteiger partial charge is 0.490 e. The van der Waals surface area contributed by atoms with Gasteiger partial charge in [0, 0.05) is 30.1 Å². The molecule has 0 aromatic carbocycles. The van der Waals surface area contributed by atoms with Crippen LogP contribution in [0.4, 0.5) is 0 Å². The average molecular weight is 290 g/mol. The Morgan fingerprint density at radius 2 is 2.14 bits per heavy atom. The van der Waals surface area contributed by atoms with Crippen LogP contribution in [0.25, 0.3) is 0 Å². The number of aryl methyl sites for hydroxylation is 1. The average Bonchev–Trinajstić information content (AvgIpc) is 2.35. The number of aromatic nitrogens is 1. The zero-order valence-corrected chi connectivity index (χ0v) is 14.2. The van der Waals surface area contributed by atoms with E-state index in [-0.39, 0.29) is 0 Å². The van der Waals surface area contributed by atoms with Crippen molar-refractivity contribution in [2.75, 3.05) is 6.54 Å². The molecule has 1 aliphatic rings. The lowest BCUT2D eigenvalue weighted by molar-refractivity contribution is 0.0554. The van der Waals surface area contributed by atoms with Crippen molar-refractivity contribution in [1.82, 2.24) is 10.3 Å². The van der Waals surface area contributed by atoms with Crippen LogP contribution in [-0.2, 0) is 6.54 Å². The molecule has 0 saturated heterocycles. The second kappa shape index (κ2) is 6.78. The molecule has 1 aliphatic carbocycles. The molecule has 3 heteroatoms. The molecule has 1 aromatic rings. The van der Waals surface area contributed by atoms with E-state index in [0.717, 1.165) is 43.3 Å². The van der Waals surface area contributed by atoms with E-state index in [4.69, 9.17) is 4.74 Å². The quantitative estimate of drug-likeness (QED) is 0.886. The maximum Gasteiger partial charge on any atom is 0.127 e. The summed E-state index contributed by atoms with van der Waals surface area (Å²) in [7, 11) is 0. The summed E-state index contributed by atoms with van der Waals surface area (Å²) in [6.45, 7) is 13.0. The number of ether oxygens (including phenoxy) is 1. The van der Waals surface area contributed by atoms with Gasteiger partial charge in [0.15, 0.2) is 0 Å². The van der Waals surface area contributed by atoms with Crippen LogP contribution in [0.3, 0.4) is 0 Å². The smallest absolute Gasteiger partial charge is 0.127 e. The van der Waals surface area contributed by atoms with Gasteiger partial charge in [0.25, 0.3) is 0 Å². The molecule has 21 heavy (non-hydrogen) atoms. The molecule has 0 spiro atoms. The van der Waals surface area contributed by atoms with Crippen molar-refractivity contribution in [2.45, 2.75) is 66.5 Å². The molecule has 0 aliphatic heterocycles. The van der Waals surface area contributed by atoms with E-state index in [0.29, 0.717) is 11.5 Å². The van der Waals surface area contributed by atoms with Gasteiger partial charge in [-0.3, -0.25) is 4.98 Å². The summed E-state index contributed by atoms with van der Waals surface area (Å²) in [4.78, 5) is 4.41. The highest BCUT2D eigenvalue weighted by atomic mass is 16.5. The Morgan fingerprint density at radius 1 is 1.38 bits per heavy atom. The fourth-order valence-electron chi connectivity index (χ4n) is 3.59. The molecule has 0 radical (unpaired) electrons. The fourth-order valence-corrected chi connectivity index (χ4v) is 3.59. The number of hydrogen-bond acceptors (Lipinski definition) is 3. The van der Waals surface area contributed by atoms with Crippen molar-refractivity contribution in [3.05, 3.63) is 23.5 Å². The molecule has 1 N–H and O–H groups in total. The van der Waals surface area contributed by atoms with Gasteiger partial charge in [0.2, 0.25) is 0 Å². The number of rotatable bonds is 5. The number of nitrogens with zero attached hydrogens (tertiary/aromatic N) is 1. The van der Waals surface area contributed by atoms with Gasteiger partial charge in [-0.25, -0.2) is 0 Å². The number of hydrogen-bond donors (Lipinski definition) is 1. The van der Waals surface area contributed by atoms with E-state index < -0.39 is 0 Å². The van der Waals surface area contributed by atoms with Gasteiger partial charge in [-0.05, 0) is 44.1 Å². The first-order chi connectivity index (χ1) is 9.89. The summed E-state index contributed by atoms with van der Waals surface area (Å²) in [6.07, 6.45) is 5.87. The van der Waals surface area contributed by atoms with Crippen molar-refractivity contribution in [3.8, 4) is 5.75 Å². The van der Waals surface area contributed by atoms with Crippen LogP contribution < -0.4 is 10.1 Å². The normalized spacial score (nSPS) is 24.8. The van der Waals surface area contributed by atoms with Gasteiger partial charge in [-0.2, -0.15) is 0 Å². The minimum Gasteiger partial charge on any atom is -0.490 e. The van der Waals surface area contributed by atoms with Crippen molar-refractivity contribution in [2.24, 2.45) is 11.3 Å². The Kier molecular flexibility index (Phi) is 5.26. The van der Waals surface area contributed by atoms with Gasteiger partial charge >= 0.3 is 0 Å². The first-order valence-electron chi connectivity index (χ1n) is 8.22. The van der Waals surface area contributed by atoms with Crippen LogP contribution in [-0.4, -0.2) is 17.6 Å². The predicted molar refractivity (Wildman–Crippen MR) is 87.6 cm³/mol. The Hall–Kier alpha value is -1.09. The molecular weight excluding hydrogens is 260 g/mol. The second-order valence-corrected chi connectivity index (χ2v) is 7.37. The minimum atomic E-state index is 0.325. The second-order valence-electron chi connectivity index (χ2n) is 7.37. The third kappa shape index (κ3) is 4.70. The molecule has 1 saturated carbocycles. The van der Waals surface area contributed by atoms with Crippen LogP contribution in [0, 0.1) is 18.3 Å². The molecule has 118 valence electrons. The highest BCUT2D eigenvalue weighted by Gasteiger charge is 2.33. The van der Waals surface area contributed by atoms with Crippen molar-refractivity contribution in [3.63, 3.8) is 0 Å². The number of pyridine rings is 1. The molecule has 1 heterocycles. The summed E-state index contributed by atoms with van der Waals surface area (Å²) in [5.74, 6) is 1.75. The van der Waals surface area contributed by atoms with Crippen LogP contribution >= 0.6 is 0 Å². The lowest BCUT2D eigenvalue weighted by Gasteiger charge is -2.39. The van der Waals surface area contributed by atoms with Crippen LogP contribution in [0.2, 0.25) is 0 Å². The Bertz CT molecular complexity index is 470. The Balaban J connectivity index is 2.12. The highest BCUT2D eigenvalue weighted by Crippen LogP contribution is 2.40. The van der Waals surface area contributed by atoms with E-state index >= 15 is 0 Å². The van der Waals surface area contributed by atoms with E-state index in [1.807, 2.05) is 13.1 Å². The van der Waals surface area contributed by atoms with E-state index in [1.165, 1.54) is 12.0 Å². The topological polar surface area (TPSA) is 34.2 Å².